The smallest absolute Gasteiger partial charge is 0.123 e. The topological polar surface area (TPSA) is 3.24 Å². The molecule has 7 aromatic carbocycles. The van der Waals surface area contributed by atoms with Gasteiger partial charge in [-0.25, -0.2) is 4.39 Å². The molecule has 186 valence electrons. The SMILES string of the molecule is Fc1ccc(N(c2ccc(-c3cc4ccc(Br)cc4c4ccccc34)cc2)c2ccc3ccccc3c2)cc1. The van der Waals surface area contributed by atoms with Gasteiger partial charge in [-0.2, -0.15) is 0 Å². The molecule has 0 heterocycles. The van der Waals surface area contributed by atoms with Crippen LogP contribution in [0.15, 0.2) is 144 Å². The maximum Gasteiger partial charge on any atom is 0.123 e. The number of hydrogen-bond acceptors (Lipinski definition) is 1. The Morgan fingerprint density at radius 2 is 1.08 bits per heavy atom. The Hall–Kier alpha value is -4.47. The molecular formula is C36H23BrFN. The van der Waals surface area contributed by atoms with Crippen LogP contribution in [0.3, 0.4) is 0 Å². The van der Waals surface area contributed by atoms with Crippen LogP contribution in [0, 0.1) is 5.82 Å². The van der Waals surface area contributed by atoms with Crippen LogP contribution < -0.4 is 4.90 Å². The second-order valence-corrected chi connectivity index (χ2v) is 10.6. The summed E-state index contributed by atoms with van der Waals surface area (Å²) in [6.07, 6.45) is 0. The van der Waals surface area contributed by atoms with Crippen molar-refractivity contribution in [2.45, 2.75) is 0 Å². The van der Waals surface area contributed by atoms with Crippen LogP contribution >= 0.6 is 15.9 Å². The molecular weight excluding hydrogens is 545 g/mol. The minimum absolute atomic E-state index is 0.247. The molecule has 0 aliphatic carbocycles. The van der Waals surface area contributed by atoms with Crippen molar-refractivity contribution in [1.82, 2.24) is 0 Å². The fourth-order valence-electron chi connectivity index (χ4n) is 5.46. The summed E-state index contributed by atoms with van der Waals surface area (Å²) < 4.78 is 14.9. The molecule has 0 fully saturated rings. The Morgan fingerprint density at radius 1 is 0.462 bits per heavy atom. The molecule has 0 aliphatic heterocycles. The van der Waals surface area contributed by atoms with Crippen LogP contribution in [0.2, 0.25) is 0 Å². The molecule has 0 aliphatic rings. The van der Waals surface area contributed by atoms with Crippen molar-refractivity contribution in [3.05, 3.63) is 150 Å². The summed E-state index contributed by atoms with van der Waals surface area (Å²) in [6.45, 7) is 0. The zero-order chi connectivity index (χ0) is 26.3. The number of anilines is 3. The highest BCUT2D eigenvalue weighted by Gasteiger charge is 2.15. The van der Waals surface area contributed by atoms with Crippen LogP contribution in [0.4, 0.5) is 21.5 Å². The summed E-state index contributed by atoms with van der Waals surface area (Å²) in [6, 6.07) is 47.4. The van der Waals surface area contributed by atoms with Gasteiger partial charge in [-0.05, 0) is 110 Å². The Kier molecular flexibility index (Phi) is 5.87. The monoisotopic (exact) mass is 567 g/mol. The summed E-state index contributed by atoms with van der Waals surface area (Å²) in [5, 5.41) is 7.25. The number of benzene rings is 7. The summed E-state index contributed by atoms with van der Waals surface area (Å²) in [5.41, 5.74) is 5.29. The van der Waals surface area contributed by atoms with Gasteiger partial charge in [0.15, 0.2) is 0 Å². The lowest BCUT2D eigenvalue weighted by Crippen LogP contribution is -2.09. The van der Waals surface area contributed by atoms with E-state index in [0.717, 1.165) is 32.5 Å². The van der Waals surface area contributed by atoms with Gasteiger partial charge in [-0.15, -0.1) is 0 Å². The van der Waals surface area contributed by atoms with Crippen molar-refractivity contribution in [2.24, 2.45) is 0 Å². The molecule has 7 rings (SSSR count). The van der Waals surface area contributed by atoms with Crippen molar-refractivity contribution in [3.63, 3.8) is 0 Å². The molecule has 3 heteroatoms. The van der Waals surface area contributed by atoms with Crippen molar-refractivity contribution in [3.8, 4) is 11.1 Å². The Labute approximate surface area is 234 Å². The number of fused-ring (bicyclic) bond motifs is 4. The van der Waals surface area contributed by atoms with Crippen LogP contribution in [0.1, 0.15) is 0 Å². The zero-order valence-corrected chi connectivity index (χ0v) is 22.6. The lowest BCUT2D eigenvalue weighted by atomic mass is 9.93. The minimum atomic E-state index is -0.247. The van der Waals surface area contributed by atoms with E-state index in [1.165, 1.54) is 44.6 Å². The minimum Gasteiger partial charge on any atom is -0.310 e. The zero-order valence-electron chi connectivity index (χ0n) is 21.0. The first-order valence-electron chi connectivity index (χ1n) is 12.9. The number of hydrogen-bond donors (Lipinski definition) is 0. The normalized spacial score (nSPS) is 11.3. The van der Waals surface area contributed by atoms with E-state index >= 15 is 0 Å². The van der Waals surface area contributed by atoms with Crippen molar-refractivity contribution >= 4 is 65.3 Å². The Morgan fingerprint density at radius 3 is 1.85 bits per heavy atom. The van der Waals surface area contributed by atoms with Crippen LogP contribution in [-0.2, 0) is 0 Å². The molecule has 0 aromatic heterocycles. The van der Waals surface area contributed by atoms with Gasteiger partial charge in [0.25, 0.3) is 0 Å². The predicted molar refractivity (Wildman–Crippen MR) is 167 cm³/mol. The fourth-order valence-corrected chi connectivity index (χ4v) is 5.82. The van der Waals surface area contributed by atoms with Gasteiger partial charge in [0.2, 0.25) is 0 Å². The maximum atomic E-state index is 13.8. The summed E-state index contributed by atoms with van der Waals surface area (Å²) in [7, 11) is 0. The van der Waals surface area contributed by atoms with Gasteiger partial charge in [0.05, 0.1) is 0 Å². The quantitative estimate of drug-likeness (QED) is 0.191. The highest BCUT2D eigenvalue weighted by Crippen LogP contribution is 2.39. The molecule has 39 heavy (non-hydrogen) atoms. The average Bonchev–Trinajstić information content (AvgIpc) is 2.98. The van der Waals surface area contributed by atoms with Crippen molar-refractivity contribution in [1.29, 1.82) is 0 Å². The van der Waals surface area contributed by atoms with E-state index in [-0.39, 0.29) is 5.82 Å². The molecule has 0 atom stereocenters. The second kappa shape index (κ2) is 9.68. The lowest BCUT2D eigenvalue weighted by Gasteiger charge is -2.26. The van der Waals surface area contributed by atoms with E-state index in [0.29, 0.717) is 0 Å². The molecule has 0 spiro atoms. The summed E-state index contributed by atoms with van der Waals surface area (Å²) in [4.78, 5) is 2.17. The molecule has 0 bridgehead atoms. The Balaban J connectivity index is 1.37. The number of halogens is 2. The van der Waals surface area contributed by atoms with Crippen LogP contribution in [0.5, 0.6) is 0 Å². The van der Waals surface area contributed by atoms with Crippen molar-refractivity contribution in [2.75, 3.05) is 4.90 Å². The number of nitrogens with zero attached hydrogens (tertiary/aromatic N) is 1. The predicted octanol–water partition coefficient (Wildman–Crippen LogP) is 11.2. The van der Waals surface area contributed by atoms with Gasteiger partial charge in [-0.3, -0.25) is 0 Å². The maximum absolute atomic E-state index is 13.8. The van der Waals surface area contributed by atoms with E-state index in [1.54, 1.807) is 0 Å². The average molecular weight is 568 g/mol. The first kappa shape index (κ1) is 23.6. The van der Waals surface area contributed by atoms with Gasteiger partial charge >= 0.3 is 0 Å². The van der Waals surface area contributed by atoms with E-state index in [1.807, 2.05) is 18.2 Å². The fraction of sp³-hybridized carbons (Fsp3) is 0. The first-order valence-corrected chi connectivity index (χ1v) is 13.7. The Bertz CT molecular complexity index is 1980. The highest BCUT2D eigenvalue weighted by molar-refractivity contribution is 9.10. The molecule has 0 N–H and O–H groups in total. The molecule has 0 saturated heterocycles. The molecule has 7 aromatic rings. The molecule has 0 unspecified atom stereocenters. The third-order valence-electron chi connectivity index (χ3n) is 7.34. The standard InChI is InChI=1S/C36H23BrFN/c37-28-13-9-27-22-35(33-7-3-4-8-34(33)36(27)23-28)25-11-16-30(17-12-25)39(31-19-14-29(38)15-20-31)32-18-10-24-5-1-2-6-26(24)21-32/h1-23H. The summed E-state index contributed by atoms with van der Waals surface area (Å²) in [5.74, 6) is -0.247. The van der Waals surface area contributed by atoms with Gasteiger partial charge in [-0.1, -0.05) is 88.7 Å². The molecule has 0 saturated carbocycles. The van der Waals surface area contributed by atoms with Gasteiger partial charge in [0.1, 0.15) is 5.82 Å². The third kappa shape index (κ3) is 4.35. The van der Waals surface area contributed by atoms with Gasteiger partial charge < -0.3 is 4.90 Å². The van der Waals surface area contributed by atoms with E-state index in [4.69, 9.17) is 0 Å². The van der Waals surface area contributed by atoms with Crippen LogP contribution in [-0.4, -0.2) is 0 Å². The third-order valence-corrected chi connectivity index (χ3v) is 7.83. The number of rotatable bonds is 4. The largest absolute Gasteiger partial charge is 0.310 e. The van der Waals surface area contributed by atoms with Crippen LogP contribution in [0.25, 0.3) is 43.4 Å². The summed E-state index contributed by atoms with van der Waals surface area (Å²) >= 11 is 3.63. The first-order chi connectivity index (χ1) is 19.1. The second-order valence-electron chi connectivity index (χ2n) is 9.73. The molecule has 0 radical (unpaired) electrons. The lowest BCUT2D eigenvalue weighted by molar-refractivity contribution is 0.628. The highest BCUT2D eigenvalue weighted by atomic mass is 79.9. The van der Waals surface area contributed by atoms with Crippen molar-refractivity contribution < 1.29 is 4.39 Å². The van der Waals surface area contributed by atoms with Gasteiger partial charge in [0, 0.05) is 21.5 Å². The molecule has 1 nitrogen and oxygen atoms in total. The molecule has 0 amide bonds. The van der Waals surface area contributed by atoms with E-state index < -0.39 is 0 Å². The van der Waals surface area contributed by atoms with E-state index in [2.05, 4.69) is 130 Å². The van der Waals surface area contributed by atoms with E-state index in [9.17, 15) is 4.39 Å².